The van der Waals surface area contributed by atoms with Gasteiger partial charge in [0.05, 0.1) is 11.1 Å². The average Bonchev–Trinajstić information content (AvgIpc) is 3.47. The number of hydrogen-bond acceptors (Lipinski definition) is 7. The largest absolute Gasteiger partial charge is 0.416 e. The lowest BCUT2D eigenvalue weighted by Crippen LogP contribution is -2.21. The smallest absolute Gasteiger partial charge is 0.258 e. The average molecular weight is 412 g/mol. The molecule has 31 heavy (non-hydrogen) atoms. The van der Waals surface area contributed by atoms with E-state index in [9.17, 15) is 19.2 Å². The van der Waals surface area contributed by atoms with Crippen molar-refractivity contribution in [2.45, 2.75) is 0 Å². The lowest BCUT2D eigenvalue weighted by atomic mass is 10.0. The number of imide groups is 2. The molecule has 4 amide bonds. The number of aromatic nitrogens is 2. The summed E-state index contributed by atoms with van der Waals surface area (Å²) in [6, 6.07) is 13.7. The van der Waals surface area contributed by atoms with Crippen molar-refractivity contribution in [1.29, 1.82) is 0 Å². The van der Waals surface area contributed by atoms with Gasteiger partial charge >= 0.3 is 0 Å². The SMILES string of the molecule is O=C1C=C(c2cccc(-c3nnc(-c4cccc(C5=CC(=O)NC5=O)c4)o3)c2)C(=O)N1. The third kappa shape index (κ3) is 3.33. The molecule has 5 rings (SSSR count). The zero-order valence-electron chi connectivity index (χ0n) is 15.7. The normalized spacial score (nSPS) is 15.6. The van der Waals surface area contributed by atoms with E-state index < -0.39 is 23.6 Å². The maximum absolute atomic E-state index is 11.9. The van der Waals surface area contributed by atoms with E-state index in [2.05, 4.69) is 20.8 Å². The maximum Gasteiger partial charge on any atom is 0.258 e. The van der Waals surface area contributed by atoms with E-state index >= 15 is 0 Å². The van der Waals surface area contributed by atoms with Crippen LogP contribution in [0.25, 0.3) is 34.1 Å². The molecule has 0 fully saturated rings. The third-order valence-corrected chi connectivity index (χ3v) is 4.78. The van der Waals surface area contributed by atoms with Crippen LogP contribution in [0.15, 0.2) is 65.1 Å². The van der Waals surface area contributed by atoms with Crippen LogP contribution in [0.1, 0.15) is 11.1 Å². The number of carbonyl (C=O) groups is 4. The number of hydrogen-bond donors (Lipinski definition) is 2. The molecule has 2 N–H and O–H groups in total. The van der Waals surface area contributed by atoms with Gasteiger partial charge in [-0.05, 0) is 35.4 Å². The lowest BCUT2D eigenvalue weighted by Gasteiger charge is -2.03. The van der Waals surface area contributed by atoms with Gasteiger partial charge < -0.3 is 4.42 Å². The minimum atomic E-state index is -0.464. The molecular weight excluding hydrogens is 400 g/mol. The van der Waals surface area contributed by atoms with Gasteiger partial charge in [-0.2, -0.15) is 0 Å². The molecular formula is C22H12N4O5. The van der Waals surface area contributed by atoms with E-state index in [1.54, 1.807) is 48.5 Å². The van der Waals surface area contributed by atoms with Gasteiger partial charge in [-0.3, -0.25) is 29.8 Å². The topological polar surface area (TPSA) is 131 Å². The van der Waals surface area contributed by atoms with Gasteiger partial charge in [-0.15, -0.1) is 10.2 Å². The number of benzene rings is 2. The minimum absolute atomic E-state index is 0.223. The zero-order valence-corrected chi connectivity index (χ0v) is 15.7. The fraction of sp³-hybridized carbons (Fsp3) is 0. The van der Waals surface area contributed by atoms with Crippen LogP contribution in [0.3, 0.4) is 0 Å². The monoisotopic (exact) mass is 412 g/mol. The summed E-state index contributed by atoms with van der Waals surface area (Å²) >= 11 is 0. The first-order valence-corrected chi connectivity index (χ1v) is 9.17. The van der Waals surface area contributed by atoms with Gasteiger partial charge in [0, 0.05) is 23.3 Å². The van der Waals surface area contributed by atoms with Crippen molar-refractivity contribution in [3.05, 3.63) is 71.8 Å². The van der Waals surface area contributed by atoms with E-state index in [1.807, 2.05) is 0 Å². The first-order chi connectivity index (χ1) is 15.0. The molecule has 0 saturated carbocycles. The Hall–Kier alpha value is -4.66. The van der Waals surface area contributed by atoms with Gasteiger partial charge in [-0.1, -0.05) is 24.3 Å². The van der Waals surface area contributed by atoms with Gasteiger partial charge in [0.2, 0.25) is 11.8 Å². The molecule has 150 valence electrons. The Morgan fingerprint density at radius 2 is 1.03 bits per heavy atom. The molecule has 2 aliphatic heterocycles. The van der Waals surface area contributed by atoms with E-state index in [4.69, 9.17) is 4.42 Å². The number of nitrogens with zero attached hydrogens (tertiary/aromatic N) is 2. The minimum Gasteiger partial charge on any atom is -0.416 e. The highest BCUT2D eigenvalue weighted by atomic mass is 16.4. The Labute approximate surface area is 174 Å². The van der Waals surface area contributed by atoms with E-state index in [1.165, 1.54) is 12.2 Å². The standard InChI is InChI=1S/C22H12N4O5/c27-17-9-15(19(29)23-17)11-3-1-5-13(7-11)21-25-26-22(31-21)14-6-2-4-12(8-14)16-10-18(28)24-20(16)30/h1-10H,(H,23,27,29)(H,24,28,30). The van der Waals surface area contributed by atoms with Crippen molar-refractivity contribution >= 4 is 34.8 Å². The third-order valence-electron chi connectivity index (χ3n) is 4.78. The van der Waals surface area contributed by atoms with Crippen molar-refractivity contribution in [2.75, 3.05) is 0 Å². The van der Waals surface area contributed by atoms with Gasteiger partial charge in [0.25, 0.3) is 23.6 Å². The van der Waals surface area contributed by atoms with Crippen LogP contribution in [0.4, 0.5) is 0 Å². The Balaban J connectivity index is 1.47. The Morgan fingerprint density at radius 1 is 0.613 bits per heavy atom. The van der Waals surface area contributed by atoms with Crippen molar-refractivity contribution in [2.24, 2.45) is 0 Å². The molecule has 9 nitrogen and oxygen atoms in total. The highest BCUT2D eigenvalue weighted by Crippen LogP contribution is 2.29. The second kappa shape index (κ2) is 6.99. The number of carbonyl (C=O) groups excluding carboxylic acids is 4. The highest BCUT2D eigenvalue weighted by Gasteiger charge is 2.24. The molecule has 0 atom stereocenters. The molecule has 3 heterocycles. The molecule has 0 saturated heterocycles. The van der Waals surface area contributed by atoms with Crippen molar-refractivity contribution in [3.8, 4) is 22.9 Å². The first kappa shape index (κ1) is 18.4. The highest BCUT2D eigenvalue weighted by molar-refractivity contribution is 6.34. The van der Waals surface area contributed by atoms with Crippen LogP contribution in [-0.4, -0.2) is 33.8 Å². The molecule has 0 spiro atoms. The summed E-state index contributed by atoms with van der Waals surface area (Å²) in [5.74, 6) is -1.40. The second-order valence-electron chi connectivity index (χ2n) is 6.83. The molecule has 3 aromatic rings. The fourth-order valence-corrected chi connectivity index (χ4v) is 3.35. The molecule has 0 radical (unpaired) electrons. The summed E-state index contributed by atoms with van der Waals surface area (Å²) in [6.07, 6.45) is 2.48. The molecule has 2 aliphatic rings. The second-order valence-corrected chi connectivity index (χ2v) is 6.83. The van der Waals surface area contributed by atoms with Crippen LogP contribution in [0, 0.1) is 0 Å². The van der Waals surface area contributed by atoms with Gasteiger partial charge in [-0.25, -0.2) is 0 Å². The van der Waals surface area contributed by atoms with Crippen LogP contribution in [-0.2, 0) is 19.2 Å². The lowest BCUT2D eigenvalue weighted by molar-refractivity contribution is -0.124. The Morgan fingerprint density at radius 3 is 1.42 bits per heavy atom. The predicted octanol–water partition coefficient (Wildman–Crippen LogP) is 1.48. The van der Waals surface area contributed by atoms with E-state index in [0.29, 0.717) is 22.3 Å². The zero-order chi connectivity index (χ0) is 21.5. The molecule has 9 heteroatoms. The molecule has 2 aromatic carbocycles. The quantitative estimate of drug-likeness (QED) is 0.621. The Kier molecular flexibility index (Phi) is 4.14. The van der Waals surface area contributed by atoms with Crippen molar-refractivity contribution in [3.63, 3.8) is 0 Å². The number of amides is 4. The summed E-state index contributed by atoms with van der Waals surface area (Å²) in [7, 11) is 0. The van der Waals surface area contributed by atoms with Crippen LogP contribution < -0.4 is 10.6 Å². The fourth-order valence-electron chi connectivity index (χ4n) is 3.35. The molecule has 1 aromatic heterocycles. The van der Waals surface area contributed by atoms with E-state index in [0.717, 1.165) is 0 Å². The summed E-state index contributed by atoms with van der Waals surface area (Å²) in [5.41, 5.74) is 2.76. The van der Waals surface area contributed by atoms with Crippen molar-refractivity contribution in [1.82, 2.24) is 20.8 Å². The van der Waals surface area contributed by atoms with Gasteiger partial charge in [0.1, 0.15) is 0 Å². The van der Waals surface area contributed by atoms with Crippen LogP contribution in [0.5, 0.6) is 0 Å². The summed E-state index contributed by atoms with van der Waals surface area (Å²) in [4.78, 5) is 46.6. The number of nitrogens with one attached hydrogen (secondary N) is 2. The first-order valence-electron chi connectivity index (χ1n) is 9.17. The van der Waals surface area contributed by atoms with Gasteiger partial charge in [0.15, 0.2) is 0 Å². The summed E-state index contributed by atoms with van der Waals surface area (Å²) in [6.45, 7) is 0. The van der Waals surface area contributed by atoms with Crippen LogP contribution in [0.2, 0.25) is 0 Å². The molecule has 0 bridgehead atoms. The predicted molar refractivity (Wildman–Crippen MR) is 107 cm³/mol. The van der Waals surface area contributed by atoms with Crippen LogP contribution >= 0.6 is 0 Å². The van der Waals surface area contributed by atoms with E-state index in [-0.39, 0.29) is 22.9 Å². The maximum atomic E-state index is 11.9. The Bertz CT molecular complexity index is 1260. The number of rotatable bonds is 4. The van der Waals surface area contributed by atoms with Crippen molar-refractivity contribution < 1.29 is 23.6 Å². The summed E-state index contributed by atoms with van der Waals surface area (Å²) in [5, 5.41) is 12.6. The summed E-state index contributed by atoms with van der Waals surface area (Å²) < 4.78 is 5.79. The molecule has 0 aliphatic carbocycles. The molecule has 0 unspecified atom stereocenters.